The molecular formula is C22H30O3. The van der Waals surface area contributed by atoms with E-state index in [9.17, 15) is 9.90 Å². The summed E-state index contributed by atoms with van der Waals surface area (Å²) in [4.78, 5) is 11.6. The predicted molar refractivity (Wildman–Crippen MR) is 99.2 cm³/mol. The second-order valence-electron chi connectivity index (χ2n) is 8.66. The third-order valence-electron chi connectivity index (χ3n) is 6.01. The molecule has 3 nitrogen and oxygen atoms in total. The molecule has 0 radical (unpaired) electrons. The Balaban J connectivity index is 1.78. The molecule has 0 heterocycles. The number of esters is 1. The van der Waals surface area contributed by atoms with Crippen molar-refractivity contribution in [3.05, 3.63) is 42.0 Å². The third kappa shape index (κ3) is 3.82. The molecule has 2 aliphatic rings. The number of ether oxygens (including phenoxy) is 1. The zero-order valence-corrected chi connectivity index (χ0v) is 15.6. The van der Waals surface area contributed by atoms with Gasteiger partial charge >= 0.3 is 5.97 Å². The van der Waals surface area contributed by atoms with Crippen LogP contribution in [0.5, 0.6) is 5.75 Å². The molecule has 1 aromatic rings. The smallest absolute Gasteiger partial charge is 0.338 e. The van der Waals surface area contributed by atoms with E-state index in [4.69, 9.17) is 4.74 Å². The second-order valence-corrected chi connectivity index (χ2v) is 8.66. The lowest BCUT2D eigenvalue weighted by Crippen LogP contribution is -2.43. The lowest BCUT2D eigenvalue weighted by Gasteiger charge is -2.52. The van der Waals surface area contributed by atoms with Crippen molar-refractivity contribution < 1.29 is 14.6 Å². The largest absolute Gasteiger partial charge is 0.423 e. The minimum absolute atomic E-state index is 0.00407. The summed E-state index contributed by atoms with van der Waals surface area (Å²) in [6, 6.07) is 7.33. The average Bonchev–Trinajstić information content (AvgIpc) is 2.53. The first kappa shape index (κ1) is 18.2. The average molecular weight is 342 g/mol. The summed E-state index contributed by atoms with van der Waals surface area (Å²) in [5.41, 5.74) is 1.30. The molecule has 2 bridgehead atoms. The number of carbonyl (C=O) groups is 1. The summed E-state index contributed by atoms with van der Waals surface area (Å²) in [7, 11) is 0. The zero-order chi connectivity index (χ0) is 18.2. The minimum atomic E-state index is -0.452. The molecule has 136 valence electrons. The molecule has 3 atom stereocenters. The van der Waals surface area contributed by atoms with Crippen LogP contribution in [0.4, 0.5) is 0 Å². The van der Waals surface area contributed by atoms with E-state index < -0.39 is 12.1 Å². The number of fused-ring (bicyclic) bond motifs is 2. The highest BCUT2D eigenvalue weighted by Crippen LogP contribution is 2.58. The highest BCUT2D eigenvalue weighted by Gasteiger charge is 2.48. The van der Waals surface area contributed by atoms with E-state index in [1.54, 1.807) is 19.1 Å². The van der Waals surface area contributed by atoms with Crippen LogP contribution < -0.4 is 4.74 Å². The van der Waals surface area contributed by atoms with Gasteiger partial charge in [-0.05, 0) is 74.5 Å². The predicted octanol–water partition coefficient (Wildman–Crippen LogP) is 5.05. The standard InChI is InChI=1S/C22H30O3/c1-14(2)21(24)25-19-7-5-18(6-8-19)20(23)22-11-15(3)9-17(13-22)10-16(4)12-22/h5-8,15-17,20,23H,1,9-13H2,2-4H3. The van der Waals surface area contributed by atoms with Crippen LogP contribution in [0.3, 0.4) is 0 Å². The van der Waals surface area contributed by atoms with Crippen molar-refractivity contribution >= 4 is 5.97 Å². The Bertz CT molecular complexity index is 626. The quantitative estimate of drug-likeness (QED) is 0.473. The number of aliphatic hydroxyl groups is 1. The van der Waals surface area contributed by atoms with Gasteiger partial charge in [0.05, 0.1) is 6.10 Å². The number of aliphatic hydroxyl groups excluding tert-OH is 1. The molecule has 2 saturated carbocycles. The van der Waals surface area contributed by atoms with Gasteiger partial charge in [0.25, 0.3) is 0 Å². The molecule has 0 spiro atoms. The molecule has 1 aromatic carbocycles. The summed E-state index contributed by atoms with van der Waals surface area (Å²) in [5, 5.41) is 11.2. The van der Waals surface area contributed by atoms with Gasteiger partial charge in [-0.3, -0.25) is 0 Å². The summed E-state index contributed by atoms with van der Waals surface area (Å²) < 4.78 is 5.25. The van der Waals surface area contributed by atoms with Crippen LogP contribution in [0.25, 0.3) is 0 Å². The molecule has 3 rings (SSSR count). The lowest BCUT2D eigenvalue weighted by atomic mass is 9.54. The van der Waals surface area contributed by atoms with E-state index in [2.05, 4.69) is 20.4 Å². The van der Waals surface area contributed by atoms with Crippen molar-refractivity contribution in [2.75, 3.05) is 0 Å². The maximum atomic E-state index is 11.6. The fourth-order valence-corrected chi connectivity index (χ4v) is 5.38. The first-order chi connectivity index (χ1) is 11.8. The monoisotopic (exact) mass is 342 g/mol. The number of hydrogen-bond acceptors (Lipinski definition) is 3. The number of hydrogen-bond donors (Lipinski definition) is 1. The Morgan fingerprint density at radius 2 is 1.72 bits per heavy atom. The van der Waals surface area contributed by atoms with E-state index in [0.717, 1.165) is 30.7 Å². The van der Waals surface area contributed by atoms with E-state index in [1.807, 2.05) is 12.1 Å². The van der Waals surface area contributed by atoms with Gasteiger partial charge in [-0.25, -0.2) is 4.79 Å². The van der Waals surface area contributed by atoms with Gasteiger partial charge in [-0.2, -0.15) is 0 Å². The van der Waals surface area contributed by atoms with Crippen LogP contribution in [0, 0.1) is 23.2 Å². The summed E-state index contributed by atoms with van der Waals surface area (Å²) in [6.07, 6.45) is 5.48. The topological polar surface area (TPSA) is 46.5 Å². The third-order valence-corrected chi connectivity index (χ3v) is 6.01. The normalized spacial score (nSPS) is 32.7. The molecule has 3 unspecified atom stereocenters. The highest BCUT2D eigenvalue weighted by molar-refractivity contribution is 5.88. The number of benzene rings is 1. The molecule has 25 heavy (non-hydrogen) atoms. The molecule has 3 heteroatoms. The van der Waals surface area contributed by atoms with Crippen LogP contribution in [0.1, 0.15) is 64.5 Å². The molecule has 2 fully saturated rings. The van der Waals surface area contributed by atoms with Crippen LogP contribution in [-0.2, 0) is 4.79 Å². The first-order valence-electron chi connectivity index (χ1n) is 9.45. The van der Waals surface area contributed by atoms with Crippen molar-refractivity contribution in [3.63, 3.8) is 0 Å². The summed E-state index contributed by atoms with van der Waals surface area (Å²) in [6.45, 7) is 9.87. The van der Waals surface area contributed by atoms with Crippen molar-refractivity contribution in [2.45, 2.75) is 59.0 Å². The van der Waals surface area contributed by atoms with Crippen molar-refractivity contribution in [3.8, 4) is 5.75 Å². The van der Waals surface area contributed by atoms with Gasteiger partial charge in [0.1, 0.15) is 5.75 Å². The van der Waals surface area contributed by atoms with Crippen LogP contribution >= 0.6 is 0 Å². The summed E-state index contributed by atoms with van der Waals surface area (Å²) in [5.74, 6) is 2.18. The van der Waals surface area contributed by atoms with Crippen LogP contribution in [0.2, 0.25) is 0 Å². The minimum Gasteiger partial charge on any atom is -0.423 e. The Morgan fingerprint density at radius 1 is 1.16 bits per heavy atom. The Hall–Kier alpha value is -1.61. The van der Waals surface area contributed by atoms with Crippen molar-refractivity contribution in [2.24, 2.45) is 23.2 Å². The molecule has 0 amide bonds. The number of rotatable bonds is 4. The molecule has 2 aliphatic carbocycles. The van der Waals surface area contributed by atoms with Crippen molar-refractivity contribution in [1.82, 2.24) is 0 Å². The van der Waals surface area contributed by atoms with Gasteiger partial charge in [-0.1, -0.05) is 32.6 Å². The van der Waals surface area contributed by atoms with Gasteiger partial charge < -0.3 is 9.84 Å². The molecule has 1 N–H and O–H groups in total. The molecule has 0 saturated heterocycles. The van der Waals surface area contributed by atoms with Gasteiger partial charge in [0, 0.05) is 11.0 Å². The fourth-order valence-electron chi connectivity index (χ4n) is 5.38. The Morgan fingerprint density at radius 3 is 2.24 bits per heavy atom. The maximum absolute atomic E-state index is 11.6. The van der Waals surface area contributed by atoms with E-state index >= 15 is 0 Å². The van der Waals surface area contributed by atoms with Gasteiger partial charge in [0.2, 0.25) is 0 Å². The summed E-state index contributed by atoms with van der Waals surface area (Å²) >= 11 is 0. The van der Waals surface area contributed by atoms with E-state index in [1.165, 1.54) is 12.8 Å². The highest BCUT2D eigenvalue weighted by atomic mass is 16.5. The first-order valence-corrected chi connectivity index (χ1v) is 9.45. The molecule has 0 aromatic heterocycles. The van der Waals surface area contributed by atoms with Gasteiger partial charge in [0.15, 0.2) is 0 Å². The zero-order valence-electron chi connectivity index (χ0n) is 15.6. The van der Waals surface area contributed by atoms with Gasteiger partial charge in [-0.15, -0.1) is 0 Å². The maximum Gasteiger partial charge on any atom is 0.338 e. The fraction of sp³-hybridized carbons (Fsp3) is 0.591. The Labute approximate surface area is 151 Å². The SMILES string of the molecule is C=C(C)C(=O)Oc1ccc(C(O)C23CC(C)CC(CC(C)C2)C3)cc1. The lowest BCUT2D eigenvalue weighted by molar-refractivity contribution is -0.130. The second kappa shape index (κ2) is 6.95. The Kier molecular flexibility index (Phi) is 5.06. The van der Waals surface area contributed by atoms with Crippen LogP contribution in [-0.4, -0.2) is 11.1 Å². The van der Waals surface area contributed by atoms with Crippen molar-refractivity contribution in [1.29, 1.82) is 0 Å². The van der Waals surface area contributed by atoms with Crippen LogP contribution in [0.15, 0.2) is 36.4 Å². The molecule has 0 aliphatic heterocycles. The van der Waals surface area contributed by atoms with E-state index in [-0.39, 0.29) is 5.41 Å². The number of carbonyl (C=O) groups excluding carboxylic acids is 1. The molecular weight excluding hydrogens is 312 g/mol. The van der Waals surface area contributed by atoms with E-state index in [0.29, 0.717) is 23.2 Å².